The van der Waals surface area contributed by atoms with Crippen LogP contribution >= 0.6 is 15.9 Å². The highest BCUT2D eigenvalue weighted by molar-refractivity contribution is 9.10. The van der Waals surface area contributed by atoms with E-state index in [9.17, 15) is 14.9 Å². The van der Waals surface area contributed by atoms with Crippen molar-refractivity contribution in [3.05, 3.63) is 37.2 Å². The fraction of sp³-hybridized carbons (Fsp3) is 0.583. The second-order valence-corrected chi connectivity index (χ2v) is 4.84. The Morgan fingerprint density at radius 1 is 1.40 bits per heavy atom. The van der Waals surface area contributed by atoms with Crippen molar-refractivity contribution in [3.8, 4) is 0 Å². The first-order chi connectivity index (χ1) is 9.49. The lowest BCUT2D eigenvalue weighted by atomic mass is 10.3. The van der Waals surface area contributed by atoms with E-state index < -0.39 is 22.5 Å². The van der Waals surface area contributed by atoms with Crippen molar-refractivity contribution in [3.63, 3.8) is 0 Å². The second kappa shape index (κ2) is 8.13. The van der Waals surface area contributed by atoms with Crippen molar-refractivity contribution in [1.29, 1.82) is 0 Å². The maximum atomic E-state index is 11.9. The highest BCUT2D eigenvalue weighted by Crippen LogP contribution is 2.14. The first kappa shape index (κ1) is 16.8. The molecule has 0 N–H and O–H groups in total. The van der Waals surface area contributed by atoms with Crippen molar-refractivity contribution < 1.29 is 14.4 Å². The van der Waals surface area contributed by atoms with Crippen LogP contribution in [-0.4, -0.2) is 29.0 Å². The molecule has 0 spiro atoms. The third kappa shape index (κ3) is 4.69. The van der Waals surface area contributed by atoms with Crippen LogP contribution in [0.5, 0.6) is 0 Å². The van der Waals surface area contributed by atoms with Gasteiger partial charge in [0.2, 0.25) is 0 Å². The van der Waals surface area contributed by atoms with Crippen LogP contribution in [0.15, 0.2) is 21.5 Å². The molecule has 20 heavy (non-hydrogen) atoms. The molecule has 112 valence electrons. The number of pyridine rings is 1. The van der Waals surface area contributed by atoms with Crippen molar-refractivity contribution in [1.82, 2.24) is 4.57 Å². The summed E-state index contributed by atoms with van der Waals surface area (Å²) >= 11 is 3.16. The van der Waals surface area contributed by atoms with E-state index in [1.165, 1.54) is 16.8 Å². The Morgan fingerprint density at radius 3 is 2.50 bits per heavy atom. The number of rotatable bonds is 8. The molecular weight excluding hydrogens is 332 g/mol. The maximum absolute atomic E-state index is 11.9. The van der Waals surface area contributed by atoms with Crippen LogP contribution in [0.25, 0.3) is 0 Å². The summed E-state index contributed by atoms with van der Waals surface area (Å²) in [6, 6.07) is 1.20. The number of halogens is 1. The predicted octanol–water partition coefficient (Wildman–Crippen LogP) is 2.31. The van der Waals surface area contributed by atoms with Crippen LogP contribution in [0.3, 0.4) is 0 Å². The highest BCUT2D eigenvalue weighted by atomic mass is 79.9. The number of ether oxygens (including phenoxy) is 2. The van der Waals surface area contributed by atoms with Gasteiger partial charge in [-0.05, 0) is 29.8 Å². The van der Waals surface area contributed by atoms with Crippen molar-refractivity contribution in [2.75, 3.05) is 13.2 Å². The monoisotopic (exact) mass is 348 g/mol. The van der Waals surface area contributed by atoms with Gasteiger partial charge in [-0.1, -0.05) is 0 Å². The Bertz CT molecular complexity index is 511. The van der Waals surface area contributed by atoms with Crippen LogP contribution in [-0.2, 0) is 16.0 Å². The molecule has 0 saturated carbocycles. The summed E-state index contributed by atoms with van der Waals surface area (Å²) in [4.78, 5) is 22.0. The molecule has 0 fully saturated rings. The van der Waals surface area contributed by atoms with Gasteiger partial charge in [-0.15, -0.1) is 0 Å². The van der Waals surface area contributed by atoms with Crippen LogP contribution in [0.2, 0.25) is 0 Å². The van der Waals surface area contributed by atoms with E-state index in [4.69, 9.17) is 9.47 Å². The molecule has 8 heteroatoms. The third-order valence-electron chi connectivity index (χ3n) is 2.54. The lowest BCUT2D eigenvalue weighted by molar-refractivity contribution is -0.386. The number of aromatic nitrogens is 1. The zero-order valence-corrected chi connectivity index (χ0v) is 13.0. The molecule has 1 aromatic rings. The smallest absolute Gasteiger partial charge is 0.335 e. The largest absolute Gasteiger partial charge is 0.353 e. The minimum atomic E-state index is -0.688. The van der Waals surface area contributed by atoms with E-state index in [-0.39, 0.29) is 6.54 Å². The average Bonchev–Trinajstić information content (AvgIpc) is 2.39. The zero-order chi connectivity index (χ0) is 15.1. The Morgan fingerprint density at radius 2 is 2.00 bits per heavy atom. The van der Waals surface area contributed by atoms with Gasteiger partial charge in [-0.25, -0.2) is 0 Å². The first-order valence-electron chi connectivity index (χ1n) is 6.27. The fourth-order valence-electron chi connectivity index (χ4n) is 1.71. The summed E-state index contributed by atoms with van der Waals surface area (Å²) in [6.45, 7) is 4.98. The minimum absolute atomic E-state index is 0.282. The summed E-state index contributed by atoms with van der Waals surface area (Å²) in [6.07, 6.45) is 1.54. The first-order valence-corrected chi connectivity index (χ1v) is 7.06. The lowest BCUT2D eigenvalue weighted by Crippen LogP contribution is -2.26. The van der Waals surface area contributed by atoms with E-state index in [2.05, 4.69) is 15.9 Å². The van der Waals surface area contributed by atoms with Gasteiger partial charge in [-0.3, -0.25) is 14.9 Å². The Balaban J connectivity index is 2.86. The molecule has 0 bridgehead atoms. The van der Waals surface area contributed by atoms with Crippen molar-refractivity contribution in [2.24, 2.45) is 0 Å². The van der Waals surface area contributed by atoms with Crippen LogP contribution in [0, 0.1) is 10.1 Å². The molecule has 1 rings (SSSR count). The summed E-state index contributed by atoms with van der Waals surface area (Å²) in [5.41, 5.74) is -1.09. The molecule has 0 aliphatic heterocycles. The van der Waals surface area contributed by atoms with E-state index in [1.807, 2.05) is 13.8 Å². The molecule has 0 radical (unpaired) electrons. The summed E-state index contributed by atoms with van der Waals surface area (Å²) in [5.74, 6) is 0. The van der Waals surface area contributed by atoms with Gasteiger partial charge in [-0.2, -0.15) is 0 Å². The number of aryl methyl sites for hydroxylation is 1. The van der Waals surface area contributed by atoms with Crippen LogP contribution in [0.1, 0.15) is 20.3 Å². The molecule has 0 amide bonds. The standard InChI is InChI=1S/C12H17BrN2O5/c1-3-19-11(20-4-2)5-6-14-8-9(13)7-10(12(14)16)15(17)18/h7-8,11H,3-6H2,1-2H3. The zero-order valence-electron chi connectivity index (χ0n) is 11.4. The molecule has 0 aliphatic rings. The van der Waals surface area contributed by atoms with Gasteiger partial charge in [0.05, 0.1) is 4.92 Å². The van der Waals surface area contributed by atoms with Gasteiger partial charge < -0.3 is 14.0 Å². The molecule has 0 aliphatic carbocycles. The lowest BCUT2D eigenvalue weighted by Gasteiger charge is -2.17. The van der Waals surface area contributed by atoms with E-state index in [0.717, 1.165) is 0 Å². The third-order valence-corrected chi connectivity index (χ3v) is 2.97. The summed E-state index contributed by atoms with van der Waals surface area (Å²) in [7, 11) is 0. The second-order valence-electron chi connectivity index (χ2n) is 3.93. The molecular formula is C12H17BrN2O5. The van der Waals surface area contributed by atoms with Gasteiger partial charge >= 0.3 is 11.2 Å². The number of hydrogen-bond donors (Lipinski definition) is 0. The van der Waals surface area contributed by atoms with Gasteiger partial charge in [0.25, 0.3) is 0 Å². The minimum Gasteiger partial charge on any atom is -0.353 e. The molecule has 0 atom stereocenters. The Labute approximate surface area is 124 Å². The van der Waals surface area contributed by atoms with Gasteiger partial charge in [0, 0.05) is 42.9 Å². The molecule has 0 unspecified atom stereocenters. The maximum Gasteiger partial charge on any atom is 0.335 e. The fourth-order valence-corrected chi connectivity index (χ4v) is 2.18. The molecule has 1 aromatic heterocycles. The quantitative estimate of drug-likeness (QED) is 0.409. The molecule has 7 nitrogen and oxygen atoms in total. The van der Waals surface area contributed by atoms with Gasteiger partial charge in [0.15, 0.2) is 6.29 Å². The normalized spacial score (nSPS) is 11.0. The van der Waals surface area contributed by atoms with Crippen molar-refractivity contribution in [2.45, 2.75) is 33.1 Å². The van der Waals surface area contributed by atoms with Gasteiger partial charge in [0.1, 0.15) is 0 Å². The highest BCUT2D eigenvalue weighted by Gasteiger charge is 2.17. The predicted molar refractivity (Wildman–Crippen MR) is 76.7 cm³/mol. The van der Waals surface area contributed by atoms with E-state index >= 15 is 0 Å². The molecule has 0 saturated heterocycles. The average molecular weight is 349 g/mol. The number of nitrogens with zero attached hydrogens (tertiary/aromatic N) is 2. The van der Waals surface area contributed by atoms with E-state index in [0.29, 0.717) is 24.1 Å². The summed E-state index contributed by atoms with van der Waals surface area (Å²) in [5, 5.41) is 10.8. The molecule has 1 heterocycles. The summed E-state index contributed by atoms with van der Waals surface area (Å²) < 4.78 is 12.5. The van der Waals surface area contributed by atoms with E-state index in [1.54, 1.807) is 0 Å². The Kier molecular flexibility index (Phi) is 6.83. The SMILES string of the molecule is CCOC(CCn1cc(Br)cc([N+](=O)[O-])c1=O)OCC. The van der Waals surface area contributed by atoms with Crippen LogP contribution in [0.4, 0.5) is 5.69 Å². The number of nitro groups is 1. The van der Waals surface area contributed by atoms with Crippen LogP contribution < -0.4 is 5.56 Å². The Hall–Kier alpha value is -1.25. The van der Waals surface area contributed by atoms with Crippen molar-refractivity contribution >= 4 is 21.6 Å². The topological polar surface area (TPSA) is 83.6 Å². The molecule has 0 aromatic carbocycles. The number of hydrogen-bond acceptors (Lipinski definition) is 5.